The number of piperazine rings is 1. The number of nitrogens with zero attached hydrogens (tertiary/aromatic N) is 1. The highest BCUT2D eigenvalue weighted by molar-refractivity contribution is 7.80. The third-order valence-electron chi connectivity index (χ3n) is 3.65. The zero-order chi connectivity index (χ0) is 19.3. The van der Waals surface area contributed by atoms with Gasteiger partial charge in [0.15, 0.2) is 5.11 Å². The molecule has 26 heavy (non-hydrogen) atoms. The molecular formula is C17H20ClN3O4S. The molecule has 0 unspecified atom stereocenters. The first-order valence-electron chi connectivity index (χ1n) is 8.12. The van der Waals surface area contributed by atoms with Gasteiger partial charge in [0.1, 0.15) is 6.04 Å². The van der Waals surface area contributed by atoms with Crippen LogP contribution in [0.25, 0.3) is 0 Å². The lowest BCUT2D eigenvalue weighted by molar-refractivity contribution is -0.150. The minimum Gasteiger partial charge on any atom is -0.463 e. The van der Waals surface area contributed by atoms with Gasteiger partial charge in [-0.3, -0.25) is 19.7 Å². The Morgan fingerprint density at radius 3 is 2.65 bits per heavy atom. The van der Waals surface area contributed by atoms with Crippen molar-refractivity contribution in [3.63, 3.8) is 0 Å². The molecule has 1 heterocycles. The van der Waals surface area contributed by atoms with E-state index in [2.05, 4.69) is 10.6 Å². The van der Waals surface area contributed by atoms with Crippen LogP contribution in [-0.4, -0.2) is 53.0 Å². The third kappa shape index (κ3) is 5.40. The van der Waals surface area contributed by atoms with Crippen LogP contribution in [0.2, 0.25) is 5.02 Å². The van der Waals surface area contributed by atoms with Crippen molar-refractivity contribution in [1.82, 2.24) is 15.5 Å². The molecule has 2 rings (SSSR count). The van der Waals surface area contributed by atoms with E-state index in [0.29, 0.717) is 23.7 Å². The Kier molecular flexibility index (Phi) is 6.93. The van der Waals surface area contributed by atoms with Gasteiger partial charge in [-0.2, -0.15) is 0 Å². The summed E-state index contributed by atoms with van der Waals surface area (Å²) in [5, 5.41) is 5.88. The number of nitrogens with one attached hydrogen (secondary N) is 2. The molecule has 0 aromatic heterocycles. The van der Waals surface area contributed by atoms with E-state index in [0.717, 1.165) is 0 Å². The Morgan fingerprint density at radius 2 is 2.04 bits per heavy atom. The molecule has 9 heteroatoms. The van der Waals surface area contributed by atoms with Gasteiger partial charge in [-0.05, 0) is 50.3 Å². The van der Waals surface area contributed by atoms with Gasteiger partial charge >= 0.3 is 5.97 Å². The van der Waals surface area contributed by atoms with E-state index in [4.69, 9.17) is 28.6 Å². The van der Waals surface area contributed by atoms with Crippen LogP contribution in [0.1, 0.15) is 30.6 Å². The number of ether oxygens (including phenoxy) is 1. The molecule has 0 radical (unpaired) electrons. The van der Waals surface area contributed by atoms with Gasteiger partial charge in [0.2, 0.25) is 5.91 Å². The Morgan fingerprint density at radius 1 is 1.38 bits per heavy atom. The first-order valence-corrected chi connectivity index (χ1v) is 8.91. The van der Waals surface area contributed by atoms with E-state index in [1.165, 1.54) is 4.90 Å². The number of hydrogen-bond acceptors (Lipinski definition) is 5. The normalized spacial score (nSPS) is 16.8. The maximum Gasteiger partial charge on any atom is 0.308 e. The van der Waals surface area contributed by atoms with Crippen LogP contribution in [0.3, 0.4) is 0 Å². The molecule has 7 nitrogen and oxygen atoms in total. The summed E-state index contributed by atoms with van der Waals surface area (Å²) in [6, 6.07) is 5.51. The van der Waals surface area contributed by atoms with Crippen molar-refractivity contribution in [1.29, 1.82) is 0 Å². The number of esters is 1. The molecule has 2 N–H and O–H groups in total. The predicted molar refractivity (Wildman–Crippen MR) is 101 cm³/mol. The quantitative estimate of drug-likeness (QED) is 0.591. The van der Waals surface area contributed by atoms with Crippen LogP contribution >= 0.6 is 23.8 Å². The molecule has 1 aliphatic heterocycles. The van der Waals surface area contributed by atoms with E-state index >= 15 is 0 Å². The van der Waals surface area contributed by atoms with Gasteiger partial charge in [-0.15, -0.1) is 0 Å². The highest BCUT2D eigenvalue weighted by Crippen LogP contribution is 2.13. The molecule has 0 spiro atoms. The first-order chi connectivity index (χ1) is 12.3. The number of amides is 2. The second-order valence-corrected chi connectivity index (χ2v) is 6.83. The molecule has 1 aliphatic rings. The predicted octanol–water partition coefficient (Wildman–Crippen LogP) is 1.50. The van der Waals surface area contributed by atoms with Crippen LogP contribution in [0.4, 0.5) is 0 Å². The standard InChI is InChI=1S/C17H20ClN3O4S/c1-10(2)25-14(22)9-13-16(24)19-7-8-21(13)17(26)20-15(23)11-3-5-12(18)6-4-11/h3-6,10,13H,7-9H2,1-2H3,(H,19,24)(H,20,23,26)/t13-/m1/s1. The smallest absolute Gasteiger partial charge is 0.308 e. The lowest BCUT2D eigenvalue weighted by Crippen LogP contribution is -2.60. The highest BCUT2D eigenvalue weighted by atomic mass is 35.5. The number of thiocarbonyl (C=S) groups is 1. The van der Waals surface area contributed by atoms with Gasteiger partial charge in [-0.25, -0.2) is 0 Å². The van der Waals surface area contributed by atoms with Crippen molar-refractivity contribution in [3.8, 4) is 0 Å². The molecule has 0 saturated carbocycles. The minimum absolute atomic E-state index is 0.0853. The zero-order valence-corrected chi connectivity index (χ0v) is 16.0. The van der Waals surface area contributed by atoms with Crippen LogP contribution in [0, 0.1) is 0 Å². The Bertz CT molecular complexity index is 708. The summed E-state index contributed by atoms with van der Waals surface area (Å²) in [5.74, 6) is -1.25. The zero-order valence-electron chi connectivity index (χ0n) is 14.5. The van der Waals surface area contributed by atoms with Crippen molar-refractivity contribution in [2.45, 2.75) is 32.4 Å². The van der Waals surface area contributed by atoms with Crippen molar-refractivity contribution >= 4 is 46.7 Å². The maximum atomic E-state index is 12.3. The summed E-state index contributed by atoms with van der Waals surface area (Å²) in [4.78, 5) is 38.0. The van der Waals surface area contributed by atoms with E-state index < -0.39 is 17.9 Å². The number of hydrogen-bond donors (Lipinski definition) is 2. The van der Waals surface area contributed by atoms with Crippen molar-refractivity contribution in [2.75, 3.05) is 13.1 Å². The lowest BCUT2D eigenvalue weighted by atomic mass is 10.1. The summed E-state index contributed by atoms with van der Waals surface area (Å²) < 4.78 is 5.10. The highest BCUT2D eigenvalue weighted by Gasteiger charge is 2.34. The van der Waals surface area contributed by atoms with Crippen molar-refractivity contribution in [2.24, 2.45) is 0 Å². The van der Waals surface area contributed by atoms with Crippen molar-refractivity contribution in [3.05, 3.63) is 34.9 Å². The Hall–Kier alpha value is -2.19. The number of rotatable bonds is 4. The van der Waals surface area contributed by atoms with E-state index in [1.54, 1.807) is 38.1 Å². The van der Waals surface area contributed by atoms with E-state index in [9.17, 15) is 14.4 Å². The van der Waals surface area contributed by atoms with Gasteiger partial charge < -0.3 is 15.0 Å². The molecule has 0 aliphatic carbocycles. The first kappa shape index (κ1) is 20.1. The lowest BCUT2D eigenvalue weighted by Gasteiger charge is -2.36. The number of carbonyl (C=O) groups is 3. The monoisotopic (exact) mass is 397 g/mol. The average Bonchev–Trinajstić information content (AvgIpc) is 2.56. The Balaban J connectivity index is 2.06. The summed E-state index contributed by atoms with van der Waals surface area (Å²) in [5.41, 5.74) is 0.383. The fourth-order valence-electron chi connectivity index (χ4n) is 2.47. The SMILES string of the molecule is CC(C)OC(=O)C[C@@H]1C(=O)NCCN1C(=S)NC(=O)c1ccc(Cl)cc1. The molecule has 1 aromatic carbocycles. The fraction of sp³-hybridized carbons (Fsp3) is 0.412. The molecular weight excluding hydrogens is 378 g/mol. The van der Waals surface area contributed by atoms with Crippen molar-refractivity contribution < 1.29 is 19.1 Å². The summed E-state index contributed by atoms with van der Waals surface area (Å²) >= 11 is 11.1. The summed E-state index contributed by atoms with van der Waals surface area (Å²) in [6.45, 7) is 4.21. The molecule has 2 amide bonds. The van der Waals surface area contributed by atoms with Gasteiger partial charge in [0, 0.05) is 23.7 Å². The number of carbonyl (C=O) groups excluding carboxylic acids is 3. The molecule has 1 aromatic rings. The van der Waals surface area contributed by atoms with Crippen LogP contribution in [0.5, 0.6) is 0 Å². The Labute approximate surface area is 162 Å². The van der Waals surface area contributed by atoms with Crippen LogP contribution < -0.4 is 10.6 Å². The molecule has 140 valence electrons. The van der Waals surface area contributed by atoms with E-state index in [-0.39, 0.29) is 23.5 Å². The number of halogens is 1. The molecule has 1 saturated heterocycles. The topological polar surface area (TPSA) is 87.7 Å². The molecule has 1 atom stereocenters. The van der Waals surface area contributed by atoms with Gasteiger partial charge in [0.05, 0.1) is 12.5 Å². The largest absolute Gasteiger partial charge is 0.463 e. The van der Waals surface area contributed by atoms with Crippen LogP contribution in [0.15, 0.2) is 24.3 Å². The summed E-state index contributed by atoms with van der Waals surface area (Å²) in [6.07, 6.45) is -0.430. The van der Waals surface area contributed by atoms with Crippen LogP contribution in [-0.2, 0) is 14.3 Å². The summed E-state index contributed by atoms with van der Waals surface area (Å²) in [7, 11) is 0. The fourth-order valence-corrected chi connectivity index (χ4v) is 2.91. The second kappa shape index (κ2) is 8.95. The maximum absolute atomic E-state index is 12.3. The van der Waals surface area contributed by atoms with Gasteiger partial charge in [-0.1, -0.05) is 11.6 Å². The second-order valence-electron chi connectivity index (χ2n) is 6.01. The number of benzene rings is 1. The minimum atomic E-state index is -0.826. The average molecular weight is 398 g/mol. The molecule has 1 fully saturated rings. The third-order valence-corrected chi connectivity index (χ3v) is 4.23. The molecule has 0 bridgehead atoms. The van der Waals surface area contributed by atoms with Gasteiger partial charge in [0.25, 0.3) is 5.91 Å². The van der Waals surface area contributed by atoms with E-state index in [1.807, 2.05) is 0 Å².